The number of ether oxygens (including phenoxy) is 1. The number of fused-ring (bicyclic) bond motifs is 1. The highest BCUT2D eigenvalue weighted by Crippen LogP contribution is 2.31. The molecule has 0 spiro atoms. The zero-order chi connectivity index (χ0) is 22.0. The smallest absolute Gasteiger partial charge is 0.251 e. The first-order valence-electron chi connectivity index (χ1n) is 9.11. The number of H-pyrrole nitrogens is 1. The lowest BCUT2D eigenvalue weighted by molar-refractivity contribution is -0.119. The number of methoxy groups -OCH3 is 1. The van der Waals surface area contributed by atoms with Gasteiger partial charge in [-0.3, -0.25) is 9.59 Å². The summed E-state index contributed by atoms with van der Waals surface area (Å²) in [5, 5.41) is 12.7. The second kappa shape index (κ2) is 8.33. The van der Waals surface area contributed by atoms with Crippen LogP contribution in [0.25, 0.3) is 10.9 Å². The van der Waals surface area contributed by atoms with Crippen LogP contribution in [0.3, 0.4) is 0 Å². The number of carbonyl (C=O) groups is 1. The SMILES string of the molecule is COc1ccc2[nH]c(=O)c(C[C@H](NC(C)=O)c3ccc(F)cc3F)c(C)c2c1C#N. The van der Waals surface area contributed by atoms with Crippen LogP contribution in [-0.2, 0) is 11.2 Å². The molecule has 0 saturated heterocycles. The predicted octanol–water partition coefficient (Wildman–Crippen LogP) is 3.41. The Kier molecular flexibility index (Phi) is 5.83. The highest BCUT2D eigenvalue weighted by atomic mass is 19.1. The minimum Gasteiger partial charge on any atom is -0.495 e. The number of pyridine rings is 1. The Morgan fingerprint density at radius 3 is 2.63 bits per heavy atom. The van der Waals surface area contributed by atoms with Gasteiger partial charge in [0.25, 0.3) is 5.56 Å². The van der Waals surface area contributed by atoms with Crippen LogP contribution in [-0.4, -0.2) is 18.0 Å². The van der Waals surface area contributed by atoms with E-state index in [1.165, 1.54) is 20.1 Å². The highest BCUT2D eigenvalue weighted by molar-refractivity contribution is 5.90. The van der Waals surface area contributed by atoms with Crippen LogP contribution in [0.15, 0.2) is 35.1 Å². The number of hydrogen-bond donors (Lipinski definition) is 2. The van der Waals surface area contributed by atoms with Crippen LogP contribution in [0.1, 0.15) is 35.2 Å². The number of nitrogens with one attached hydrogen (secondary N) is 2. The van der Waals surface area contributed by atoms with Crippen molar-refractivity contribution in [3.05, 3.63) is 74.6 Å². The van der Waals surface area contributed by atoms with Crippen LogP contribution in [0, 0.1) is 29.9 Å². The zero-order valence-electron chi connectivity index (χ0n) is 16.6. The summed E-state index contributed by atoms with van der Waals surface area (Å²) in [7, 11) is 1.44. The van der Waals surface area contributed by atoms with Gasteiger partial charge in [0.1, 0.15) is 29.0 Å². The molecule has 0 unspecified atom stereocenters. The Labute approximate surface area is 171 Å². The van der Waals surface area contributed by atoms with Gasteiger partial charge in [0.2, 0.25) is 5.91 Å². The van der Waals surface area contributed by atoms with Gasteiger partial charge in [0.15, 0.2) is 0 Å². The van der Waals surface area contributed by atoms with Crippen molar-refractivity contribution in [2.45, 2.75) is 26.3 Å². The first kappa shape index (κ1) is 21.0. The van der Waals surface area contributed by atoms with E-state index in [0.717, 1.165) is 12.1 Å². The molecule has 6 nitrogen and oxygen atoms in total. The summed E-state index contributed by atoms with van der Waals surface area (Å²) in [5.41, 5.74) is 1.14. The monoisotopic (exact) mass is 411 g/mol. The van der Waals surface area contributed by atoms with E-state index in [9.17, 15) is 23.6 Å². The minimum atomic E-state index is -0.906. The van der Waals surface area contributed by atoms with Gasteiger partial charge in [-0.05, 0) is 30.7 Å². The van der Waals surface area contributed by atoms with E-state index in [0.29, 0.717) is 22.2 Å². The number of rotatable bonds is 5. The van der Waals surface area contributed by atoms with E-state index in [4.69, 9.17) is 4.74 Å². The van der Waals surface area contributed by atoms with E-state index >= 15 is 0 Å². The van der Waals surface area contributed by atoms with Crippen LogP contribution >= 0.6 is 0 Å². The van der Waals surface area contributed by atoms with Gasteiger partial charge >= 0.3 is 0 Å². The van der Waals surface area contributed by atoms with Gasteiger partial charge in [-0.1, -0.05) is 6.07 Å². The van der Waals surface area contributed by atoms with Gasteiger partial charge in [-0.15, -0.1) is 0 Å². The summed E-state index contributed by atoms with van der Waals surface area (Å²) < 4.78 is 33.0. The van der Waals surface area contributed by atoms with E-state index in [1.807, 2.05) is 0 Å². The maximum atomic E-state index is 14.4. The van der Waals surface area contributed by atoms with Crippen LogP contribution in [0.4, 0.5) is 8.78 Å². The molecule has 0 bridgehead atoms. The number of aryl methyl sites for hydroxylation is 1. The van der Waals surface area contributed by atoms with E-state index in [1.54, 1.807) is 19.1 Å². The zero-order valence-corrected chi connectivity index (χ0v) is 16.6. The Morgan fingerprint density at radius 2 is 2.03 bits per heavy atom. The Hall–Kier alpha value is -3.73. The molecule has 3 rings (SSSR count). The molecule has 0 aliphatic rings. The molecular weight excluding hydrogens is 392 g/mol. The quantitative estimate of drug-likeness (QED) is 0.673. The summed E-state index contributed by atoms with van der Waals surface area (Å²) in [6.45, 7) is 2.95. The molecule has 0 radical (unpaired) electrons. The van der Waals surface area contributed by atoms with Crippen molar-refractivity contribution in [2.24, 2.45) is 0 Å². The maximum absolute atomic E-state index is 14.4. The topological polar surface area (TPSA) is 95.0 Å². The van der Waals surface area contributed by atoms with Crippen LogP contribution in [0.5, 0.6) is 5.75 Å². The average Bonchev–Trinajstić information content (AvgIpc) is 2.69. The average molecular weight is 411 g/mol. The van der Waals surface area contributed by atoms with E-state index in [2.05, 4.69) is 16.4 Å². The molecule has 0 saturated carbocycles. The summed E-state index contributed by atoms with van der Waals surface area (Å²) in [5.74, 6) is -1.65. The molecule has 1 atom stereocenters. The highest BCUT2D eigenvalue weighted by Gasteiger charge is 2.23. The van der Waals surface area contributed by atoms with Gasteiger partial charge in [-0.2, -0.15) is 5.26 Å². The van der Waals surface area contributed by atoms with Gasteiger partial charge in [0, 0.05) is 35.9 Å². The third-order valence-corrected chi connectivity index (χ3v) is 4.97. The number of amides is 1. The number of benzene rings is 2. The van der Waals surface area contributed by atoms with Crippen molar-refractivity contribution < 1.29 is 18.3 Å². The van der Waals surface area contributed by atoms with Crippen LogP contribution < -0.4 is 15.6 Å². The van der Waals surface area contributed by atoms with E-state index < -0.39 is 29.1 Å². The molecular formula is C22H19F2N3O3. The molecule has 30 heavy (non-hydrogen) atoms. The van der Waals surface area contributed by atoms with Gasteiger partial charge in [-0.25, -0.2) is 8.78 Å². The molecule has 8 heteroatoms. The first-order valence-corrected chi connectivity index (χ1v) is 9.11. The van der Waals surface area contributed by atoms with Gasteiger partial charge in [0.05, 0.1) is 18.7 Å². The Bertz CT molecular complexity index is 1250. The Balaban J connectivity index is 2.19. The number of aromatic nitrogens is 1. The minimum absolute atomic E-state index is 0.0524. The number of halogens is 2. The van der Waals surface area contributed by atoms with E-state index in [-0.39, 0.29) is 23.1 Å². The van der Waals surface area contributed by atoms with Crippen LogP contribution in [0.2, 0.25) is 0 Å². The largest absolute Gasteiger partial charge is 0.495 e. The fourth-order valence-corrected chi connectivity index (χ4v) is 3.60. The Morgan fingerprint density at radius 1 is 1.30 bits per heavy atom. The number of aromatic amines is 1. The third kappa shape index (κ3) is 3.87. The number of carbonyl (C=O) groups excluding carboxylic acids is 1. The van der Waals surface area contributed by atoms with Crippen molar-refractivity contribution in [1.82, 2.24) is 10.3 Å². The lowest BCUT2D eigenvalue weighted by atomic mass is 9.93. The summed E-state index contributed by atoms with van der Waals surface area (Å²) in [6.07, 6.45) is -0.0542. The number of nitriles is 1. The fraction of sp³-hybridized carbons (Fsp3) is 0.227. The second-order valence-corrected chi connectivity index (χ2v) is 6.86. The molecule has 1 amide bonds. The number of hydrogen-bond acceptors (Lipinski definition) is 4. The molecule has 2 aromatic carbocycles. The van der Waals surface area contributed by atoms with Crippen molar-refractivity contribution in [3.8, 4) is 11.8 Å². The molecule has 0 aliphatic heterocycles. The number of nitrogens with zero attached hydrogens (tertiary/aromatic N) is 1. The lowest BCUT2D eigenvalue weighted by Gasteiger charge is -2.20. The van der Waals surface area contributed by atoms with Gasteiger partial charge < -0.3 is 15.0 Å². The summed E-state index contributed by atoms with van der Waals surface area (Å²) >= 11 is 0. The molecule has 1 aromatic heterocycles. The summed E-state index contributed by atoms with van der Waals surface area (Å²) in [6, 6.07) is 7.45. The molecule has 3 aromatic rings. The van der Waals surface area contributed by atoms with Crippen molar-refractivity contribution >= 4 is 16.8 Å². The first-order chi connectivity index (χ1) is 14.3. The standard InChI is InChI=1S/C22H19F2N3O3/c1-11-15(9-19(26-12(2)28)14-5-4-13(23)8-17(14)24)22(29)27-18-6-7-20(30-3)16(10-25)21(11)18/h4-8,19H,9H2,1-3H3,(H,26,28)(H,27,29)/t19-/m0/s1. The lowest BCUT2D eigenvalue weighted by Crippen LogP contribution is -2.31. The molecule has 154 valence electrons. The maximum Gasteiger partial charge on any atom is 0.251 e. The van der Waals surface area contributed by atoms with Crippen molar-refractivity contribution in [2.75, 3.05) is 7.11 Å². The molecule has 1 heterocycles. The second-order valence-electron chi connectivity index (χ2n) is 6.86. The van der Waals surface area contributed by atoms with Crippen molar-refractivity contribution in [3.63, 3.8) is 0 Å². The van der Waals surface area contributed by atoms with Crippen molar-refractivity contribution in [1.29, 1.82) is 5.26 Å². The molecule has 0 aliphatic carbocycles. The summed E-state index contributed by atoms with van der Waals surface area (Å²) in [4.78, 5) is 27.2. The normalized spacial score (nSPS) is 11.7. The fourth-order valence-electron chi connectivity index (χ4n) is 3.60. The molecule has 0 fully saturated rings. The molecule has 2 N–H and O–H groups in total. The predicted molar refractivity (Wildman–Crippen MR) is 107 cm³/mol. The third-order valence-electron chi connectivity index (χ3n) is 4.97.